The van der Waals surface area contributed by atoms with Crippen LogP contribution in [0.4, 0.5) is 0 Å². The molecule has 0 saturated heterocycles. The average molecular weight is 366 g/mol. The van der Waals surface area contributed by atoms with E-state index in [1.807, 2.05) is 25.2 Å². The van der Waals surface area contributed by atoms with Gasteiger partial charge in [-0.1, -0.05) is 12.1 Å². The number of hydrogen-bond donors (Lipinski definition) is 2. The second kappa shape index (κ2) is 8.57. The monoisotopic (exact) mass is 366 g/mol. The van der Waals surface area contributed by atoms with Gasteiger partial charge in [0, 0.05) is 37.7 Å². The fourth-order valence-electron chi connectivity index (χ4n) is 2.89. The number of rotatable bonds is 7. The van der Waals surface area contributed by atoms with E-state index in [1.54, 1.807) is 48.5 Å². The summed E-state index contributed by atoms with van der Waals surface area (Å²) in [6.45, 7) is 0.282. The number of nitrogens with zero attached hydrogens (tertiary/aromatic N) is 3. The van der Waals surface area contributed by atoms with Crippen molar-refractivity contribution in [3.63, 3.8) is 0 Å². The van der Waals surface area contributed by atoms with Crippen LogP contribution in [0.1, 0.15) is 27.7 Å². The third kappa shape index (κ3) is 4.39. The van der Waals surface area contributed by atoms with Crippen LogP contribution in [0, 0.1) is 0 Å². The van der Waals surface area contributed by atoms with Crippen molar-refractivity contribution in [3.8, 4) is 11.3 Å². The zero-order valence-corrected chi connectivity index (χ0v) is 15.3. The minimum absolute atomic E-state index is 0.0565. The molecule has 0 bridgehead atoms. The van der Waals surface area contributed by atoms with Gasteiger partial charge in [0.05, 0.1) is 30.6 Å². The highest BCUT2D eigenvalue weighted by Crippen LogP contribution is 2.20. The predicted octanol–water partition coefficient (Wildman–Crippen LogP) is 2.09. The van der Waals surface area contributed by atoms with Crippen LogP contribution in [0.2, 0.25) is 0 Å². The number of aromatic nitrogens is 3. The summed E-state index contributed by atoms with van der Waals surface area (Å²) >= 11 is 0. The quantitative estimate of drug-likeness (QED) is 0.668. The van der Waals surface area contributed by atoms with Crippen LogP contribution in [-0.2, 0) is 18.4 Å². The Kier molecular flexibility index (Phi) is 5.95. The van der Waals surface area contributed by atoms with E-state index in [-0.39, 0.29) is 18.6 Å². The number of carbonyl (C=O) groups is 1. The lowest BCUT2D eigenvalue weighted by Crippen LogP contribution is -2.32. The standard InChI is InChI=1S/C20H22N4O3/c1-24-19(7-9-22-24)18(13-27-2)23-20(26)16-5-3-4-15(11-16)17-10-14(12-25)6-8-21-17/h3-11,18,25H,12-13H2,1-2H3,(H,23,26)/t18-/m0/s1. The van der Waals surface area contributed by atoms with Crippen molar-refractivity contribution in [1.29, 1.82) is 0 Å². The maximum absolute atomic E-state index is 12.8. The number of carbonyl (C=O) groups excluding carboxylic acids is 1. The Balaban J connectivity index is 1.83. The lowest BCUT2D eigenvalue weighted by atomic mass is 10.1. The number of hydrogen-bond acceptors (Lipinski definition) is 5. The van der Waals surface area contributed by atoms with Crippen molar-refractivity contribution in [2.45, 2.75) is 12.6 Å². The van der Waals surface area contributed by atoms with Crippen LogP contribution in [0.3, 0.4) is 0 Å². The second-order valence-corrected chi connectivity index (χ2v) is 6.15. The minimum atomic E-state index is -0.311. The lowest BCUT2D eigenvalue weighted by Gasteiger charge is -2.18. The van der Waals surface area contributed by atoms with Crippen LogP contribution < -0.4 is 5.32 Å². The first-order chi connectivity index (χ1) is 13.1. The summed E-state index contributed by atoms with van der Waals surface area (Å²) in [5.41, 5.74) is 3.66. The van der Waals surface area contributed by atoms with Crippen molar-refractivity contribution >= 4 is 5.91 Å². The smallest absolute Gasteiger partial charge is 0.251 e. The van der Waals surface area contributed by atoms with Gasteiger partial charge in [-0.3, -0.25) is 14.5 Å². The Hall–Kier alpha value is -3.03. The molecule has 0 radical (unpaired) electrons. The van der Waals surface area contributed by atoms with E-state index in [2.05, 4.69) is 15.4 Å². The summed E-state index contributed by atoms with van der Waals surface area (Å²) in [6.07, 6.45) is 3.33. The van der Waals surface area contributed by atoms with Crippen molar-refractivity contribution in [2.75, 3.05) is 13.7 Å². The summed E-state index contributed by atoms with van der Waals surface area (Å²) in [4.78, 5) is 17.1. The predicted molar refractivity (Wildman–Crippen MR) is 101 cm³/mol. The van der Waals surface area contributed by atoms with Crippen molar-refractivity contribution in [1.82, 2.24) is 20.1 Å². The Morgan fingerprint density at radius 1 is 1.26 bits per heavy atom. The molecule has 27 heavy (non-hydrogen) atoms. The Morgan fingerprint density at radius 2 is 2.11 bits per heavy atom. The third-order valence-electron chi connectivity index (χ3n) is 4.28. The molecule has 140 valence electrons. The van der Waals surface area contributed by atoms with E-state index < -0.39 is 0 Å². The molecule has 0 saturated carbocycles. The molecule has 0 aliphatic carbocycles. The minimum Gasteiger partial charge on any atom is -0.392 e. The van der Waals surface area contributed by atoms with Gasteiger partial charge in [0.1, 0.15) is 0 Å². The molecule has 1 atom stereocenters. The van der Waals surface area contributed by atoms with Gasteiger partial charge in [-0.15, -0.1) is 0 Å². The SMILES string of the molecule is COC[C@H](NC(=O)c1cccc(-c2cc(CO)ccn2)c1)c1ccnn1C. The van der Waals surface area contributed by atoms with Crippen LogP contribution >= 0.6 is 0 Å². The zero-order chi connectivity index (χ0) is 19.2. The summed E-state index contributed by atoms with van der Waals surface area (Å²) in [7, 11) is 3.42. The summed E-state index contributed by atoms with van der Waals surface area (Å²) < 4.78 is 6.96. The van der Waals surface area contributed by atoms with Gasteiger partial charge in [-0.25, -0.2) is 0 Å². The number of nitrogens with one attached hydrogen (secondary N) is 1. The molecule has 7 heteroatoms. The number of ether oxygens (including phenoxy) is 1. The van der Waals surface area contributed by atoms with Gasteiger partial charge in [-0.05, 0) is 35.9 Å². The molecule has 0 unspecified atom stereocenters. The molecule has 1 aromatic carbocycles. The average Bonchev–Trinajstić information content (AvgIpc) is 3.13. The number of methoxy groups -OCH3 is 1. The maximum Gasteiger partial charge on any atom is 0.251 e. The molecule has 0 aliphatic rings. The van der Waals surface area contributed by atoms with Crippen LogP contribution in [0.5, 0.6) is 0 Å². The number of aryl methyl sites for hydroxylation is 1. The molecule has 3 rings (SSSR count). The van der Waals surface area contributed by atoms with E-state index in [1.165, 1.54) is 0 Å². The normalized spacial score (nSPS) is 12.0. The molecule has 7 nitrogen and oxygen atoms in total. The van der Waals surface area contributed by atoms with Gasteiger partial charge < -0.3 is 15.2 Å². The maximum atomic E-state index is 12.8. The van der Waals surface area contributed by atoms with E-state index in [0.29, 0.717) is 17.9 Å². The van der Waals surface area contributed by atoms with Gasteiger partial charge in [0.2, 0.25) is 0 Å². The fraction of sp³-hybridized carbons (Fsp3) is 0.250. The molecule has 0 fully saturated rings. The van der Waals surface area contributed by atoms with Crippen LogP contribution in [0.15, 0.2) is 54.9 Å². The highest BCUT2D eigenvalue weighted by Gasteiger charge is 2.19. The number of amides is 1. The number of pyridine rings is 1. The molecular weight excluding hydrogens is 344 g/mol. The first-order valence-electron chi connectivity index (χ1n) is 8.56. The molecule has 3 aromatic rings. The first-order valence-corrected chi connectivity index (χ1v) is 8.56. The molecule has 0 spiro atoms. The van der Waals surface area contributed by atoms with E-state index >= 15 is 0 Å². The summed E-state index contributed by atoms with van der Waals surface area (Å²) in [6, 6.07) is 12.3. The van der Waals surface area contributed by atoms with Crippen molar-refractivity contribution in [3.05, 3.63) is 71.7 Å². The highest BCUT2D eigenvalue weighted by atomic mass is 16.5. The van der Waals surface area contributed by atoms with E-state index in [9.17, 15) is 9.90 Å². The largest absolute Gasteiger partial charge is 0.392 e. The van der Waals surface area contributed by atoms with Gasteiger partial charge >= 0.3 is 0 Å². The Morgan fingerprint density at radius 3 is 2.81 bits per heavy atom. The molecule has 2 N–H and O–H groups in total. The molecule has 2 aromatic heterocycles. The van der Waals surface area contributed by atoms with Crippen LogP contribution in [0.25, 0.3) is 11.3 Å². The summed E-state index contributed by atoms with van der Waals surface area (Å²) in [5, 5.41) is 16.4. The third-order valence-corrected chi connectivity index (χ3v) is 4.28. The first kappa shape index (κ1) is 18.8. The zero-order valence-electron chi connectivity index (χ0n) is 15.3. The molecule has 1 amide bonds. The Labute approximate surface area is 157 Å². The fourth-order valence-corrected chi connectivity index (χ4v) is 2.89. The van der Waals surface area contributed by atoms with E-state index in [0.717, 1.165) is 16.8 Å². The molecule has 2 heterocycles. The number of aliphatic hydroxyl groups excluding tert-OH is 1. The lowest BCUT2D eigenvalue weighted by molar-refractivity contribution is 0.0892. The van der Waals surface area contributed by atoms with Crippen molar-refractivity contribution < 1.29 is 14.6 Å². The number of benzene rings is 1. The Bertz CT molecular complexity index is 923. The van der Waals surface area contributed by atoms with Gasteiger partial charge in [0.15, 0.2) is 0 Å². The molecule has 0 aliphatic heterocycles. The van der Waals surface area contributed by atoms with Crippen molar-refractivity contribution in [2.24, 2.45) is 7.05 Å². The molecular formula is C20H22N4O3. The second-order valence-electron chi connectivity index (χ2n) is 6.15. The number of aliphatic hydroxyl groups is 1. The highest BCUT2D eigenvalue weighted by molar-refractivity contribution is 5.95. The van der Waals surface area contributed by atoms with E-state index in [4.69, 9.17) is 4.74 Å². The topological polar surface area (TPSA) is 89.3 Å². The summed E-state index contributed by atoms with van der Waals surface area (Å²) in [5.74, 6) is -0.210. The van der Waals surface area contributed by atoms with Gasteiger partial charge in [0.25, 0.3) is 5.91 Å². The van der Waals surface area contributed by atoms with Crippen LogP contribution in [-0.4, -0.2) is 39.5 Å². The van der Waals surface area contributed by atoms with Gasteiger partial charge in [-0.2, -0.15) is 5.10 Å².